The zero-order valence-electron chi connectivity index (χ0n) is 18.6. The summed E-state index contributed by atoms with van der Waals surface area (Å²) in [5.74, 6) is -0.703. The highest BCUT2D eigenvalue weighted by Gasteiger charge is 2.24. The van der Waals surface area contributed by atoms with Crippen molar-refractivity contribution >= 4 is 28.7 Å². The number of aromatic nitrogens is 4. The van der Waals surface area contributed by atoms with E-state index in [0.717, 1.165) is 13.1 Å². The molecule has 3 aromatic rings. The highest BCUT2D eigenvalue weighted by molar-refractivity contribution is 5.93. The number of hydrogen-bond acceptors (Lipinski definition) is 9. The Morgan fingerprint density at radius 2 is 1.91 bits per heavy atom. The van der Waals surface area contributed by atoms with Gasteiger partial charge in [-0.05, 0) is 32.2 Å². The van der Waals surface area contributed by atoms with E-state index >= 15 is 0 Å². The Morgan fingerprint density at radius 3 is 2.61 bits per heavy atom. The smallest absolute Gasteiger partial charge is 0.341 e. The first kappa shape index (κ1) is 22.3. The number of likely N-dealkylation sites (N-methyl/N-ethyl adjacent to an activating group) is 1. The van der Waals surface area contributed by atoms with Gasteiger partial charge in [0.05, 0.1) is 18.3 Å². The predicted molar refractivity (Wildman–Crippen MR) is 121 cm³/mol. The van der Waals surface area contributed by atoms with Crippen molar-refractivity contribution in [2.75, 3.05) is 45.7 Å². The fourth-order valence-electron chi connectivity index (χ4n) is 3.68. The summed E-state index contributed by atoms with van der Waals surface area (Å²) in [7, 11) is 3.40. The second kappa shape index (κ2) is 9.33. The molecule has 0 bridgehead atoms. The van der Waals surface area contributed by atoms with E-state index in [2.05, 4.69) is 30.2 Å². The molecule has 0 unspecified atom stereocenters. The molecule has 172 valence electrons. The van der Waals surface area contributed by atoms with Crippen LogP contribution in [-0.4, -0.2) is 93.1 Å². The summed E-state index contributed by atoms with van der Waals surface area (Å²) in [5.41, 5.74) is 2.00. The van der Waals surface area contributed by atoms with Gasteiger partial charge in [0.15, 0.2) is 5.82 Å². The first-order chi connectivity index (χ1) is 15.9. The number of fused-ring (bicyclic) bond motifs is 1. The van der Waals surface area contributed by atoms with Crippen LogP contribution in [0, 0.1) is 0 Å². The highest BCUT2D eigenvalue weighted by Crippen LogP contribution is 2.26. The Kier molecular flexibility index (Phi) is 6.31. The van der Waals surface area contributed by atoms with Gasteiger partial charge < -0.3 is 25.0 Å². The van der Waals surface area contributed by atoms with Crippen molar-refractivity contribution < 1.29 is 19.4 Å². The van der Waals surface area contributed by atoms with Gasteiger partial charge in [-0.15, -0.1) is 0 Å². The molecule has 0 radical (unpaired) electrons. The second-order valence-electron chi connectivity index (χ2n) is 7.87. The van der Waals surface area contributed by atoms with E-state index in [1.807, 2.05) is 11.9 Å². The number of anilines is 1. The number of rotatable bonds is 6. The van der Waals surface area contributed by atoms with Crippen molar-refractivity contribution in [3.05, 3.63) is 36.3 Å². The van der Waals surface area contributed by atoms with Crippen LogP contribution in [0.3, 0.4) is 0 Å². The van der Waals surface area contributed by atoms with Gasteiger partial charge in [-0.2, -0.15) is 0 Å². The van der Waals surface area contributed by atoms with Crippen molar-refractivity contribution in [3.8, 4) is 17.1 Å². The number of amides is 1. The number of ether oxygens (including phenoxy) is 1. The minimum atomic E-state index is -1.15. The molecule has 2 N–H and O–H groups in total. The second-order valence-corrected chi connectivity index (χ2v) is 7.87. The summed E-state index contributed by atoms with van der Waals surface area (Å²) >= 11 is 0. The molecule has 0 spiro atoms. The van der Waals surface area contributed by atoms with Crippen LogP contribution in [-0.2, 0) is 4.79 Å². The van der Waals surface area contributed by atoms with E-state index in [9.17, 15) is 14.7 Å². The van der Waals surface area contributed by atoms with Crippen LogP contribution in [0.5, 0.6) is 5.88 Å². The molecule has 1 atom stereocenters. The van der Waals surface area contributed by atoms with Gasteiger partial charge in [-0.3, -0.25) is 4.79 Å². The van der Waals surface area contributed by atoms with Gasteiger partial charge >= 0.3 is 5.97 Å². The van der Waals surface area contributed by atoms with Crippen LogP contribution in [0.25, 0.3) is 22.3 Å². The van der Waals surface area contributed by atoms with Gasteiger partial charge in [0.25, 0.3) is 0 Å². The maximum Gasteiger partial charge on any atom is 0.341 e. The third-order valence-electron chi connectivity index (χ3n) is 5.59. The van der Waals surface area contributed by atoms with Crippen molar-refractivity contribution in [2.24, 2.45) is 0 Å². The number of nitrogens with one attached hydrogen (secondary N) is 1. The number of nitrogens with zero attached hydrogens (tertiary/aromatic N) is 6. The number of hydrogen-bond donors (Lipinski definition) is 2. The minimum Gasteiger partial charge on any atom is -0.480 e. The zero-order chi connectivity index (χ0) is 23.5. The number of piperazine rings is 1. The van der Waals surface area contributed by atoms with Gasteiger partial charge in [0.2, 0.25) is 11.8 Å². The topological polar surface area (TPSA) is 134 Å². The number of carbonyl (C=O) groups excluding carboxylic acids is 1. The normalized spacial score (nSPS) is 15.3. The van der Waals surface area contributed by atoms with Gasteiger partial charge in [-0.1, -0.05) is 0 Å². The van der Waals surface area contributed by atoms with Crippen LogP contribution in [0.4, 0.5) is 5.82 Å². The molecule has 0 aromatic carbocycles. The molecule has 1 aliphatic heterocycles. The van der Waals surface area contributed by atoms with E-state index in [4.69, 9.17) is 4.74 Å². The van der Waals surface area contributed by atoms with Crippen LogP contribution in [0.1, 0.15) is 17.3 Å². The first-order valence-corrected chi connectivity index (χ1v) is 10.5. The average Bonchev–Trinajstić information content (AvgIpc) is 2.83. The molecule has 1 aliphatic rings. The quantitative estimate of drug-likeness (QED) is 0.566. The summed E-state index contributed by atoms with van der Waals surface area (Å²) in [6.07, 6.45) is 2.91. The summed E-state index contributed by atoms with van der Waals surface area (Å²) in [5, 5.41) is 12.6. The molecule has 11 heteroatoms. The number of pyridine rings is 2. The molecule has 0 saturated carbocycles. The summed E-state index contributed by atoms with van der Waals surface area (Å²) < 4.78 is 5.03. The van der Waals surface area contributed by atoms with E-state index in [1.54, 1.807) is 19.1 Å². The Balaban J connectivity index is 1.63. The Bertz CT molecular complexity index is 1190. The maximum atomic E-state index is 12.9. The molecule has 33 heavy (non-hydrogen) atoms. The molecule has 0 aliphatic carbocycles. The SMILES string of the molecule is COc1ncc(-c2ccc3ncnc(N[C@@H](C)C(=O)N4CCN(C)CC4)c3n2)cc1C(=O)O. The van der Waals surface area contributed by atoms with Crippen molar-refractivity contribution in [2.45, 2.75) is 13.0 Å². The predicted octanol–water partition coefficient (Wildman–Crippen LogP) is 1.37. The first-order valence-electron chi connectivity index (χ1n) is 10.5. The standard InChI is InChI=1S/C22H25N7O4/c1-13(21(30)29-8-6-28(2)7-9-29)26-19-18-17(24-12-25-19)5-4-16(27-18)14-10-15(22(31)32)20(33-3)23-11-14/h4-5,10-13H,6-9H2,1-3H3,(H,31,32)(H,24,25,26)/t13-/m0/s1. The molecule has 1 amide bonds. The molecular weight excluding hydrogens is 426 g/mol. The zero-order valence-corrected chi connectivity index (χ0v) is 18.6. The summed E-state index contributed by atoms with van der Waals surface area (Å²) in [6.45, 7) is 4.85. The van der Waals surface area contributed by atoms with E-state index < -0.39 is 12.0 Å². The summed E-state index contributed by atoms with van der Waals surface area (Å²) in [6, 6.07) is 4.45. The number of carbonyl (C=O) groups is 2. The molecule has 1 saturated heterocycles. The lowest BCUT2D eigenvalue weighted by atomic mass is 10.1. The fraction of sp³-hybridized carbons (Fsp3) is 0.364. The number of aromatic carboxylic acids is 1. The van der Waals surface area contributed by atoms with Gasteiger partial charge in [0, 0.05) is 37.9 Å². The monoisotopic (exact) mass is 451 g/mol. The minimum absolute atomic E-state index is 0.00327. The lowest BCUT2D eigenvalue weighted by molar-refractivity contribution is -0.133. The number of methoxy groups -OCH3 is 1. The highest BCUT2D eigenvalue weighted by atomic mass is 16.5. The van der Waals surface area contributed by atoms with Crippen LogP contribution in [0.2, 0.25) is 0 Å². The third-order valence-corrected chi connectivity index (χ3v) is 5.59. The number of carboxylic acid groups (broad SMARTS) is 1. The summed E-state index contributed by atoms with van der Waals surface area (Å²) in [4.78, 5) is 45.8. The molecule has 11 nitrogen and oxygen atoms in total. The molecule has 4 rings (SSSR count). The molecule has 1 fully saturated rings. The third kappa shape index (κ3) is 4.67. The lowest BCUT2D eigenvalue weighted by Gasteiger charge is -2.34. The Labute approximate surface area is 190 Å². The van der Waals surface area contributed by atoms with E-state index in [1.165, 1.54) is 25.7 Å². The maximum absolute atomic E-state index is 12.9. The molecule has 4 heterocycles. The van der Waals surface area contributed by atoms with Gasteiger partial charge in [0.1, 0.15) is 23.4 Å². The van der Waals surface area contributed by atoms with Crippen LogP contribution in [0.15, 0.2) is 30.7 Å². The number of carboxylic acids is 1. The van der Waals surface area contributed by atoms with E-state index in [0.29, 0.717) is 41.2 Å². The van der Waals surface area contributed by atoms with Crippen molar-refractivity contribution in [1.82, 2.24) is 29.7 Å². The molecule has 3 aromatic heterocycles. The Hall–Kier alpha value is -3.86. The Morgan fingerprint density at radius 1 is 1.15 bits per heavy atom. The molecular formula is C22H25N7O4. The van der Waals surface area contributed by atoms with Crippen LogP contribution >= 0.6 is 0 Å². The van der Waals surface area contributed by atoms with Crippen molar-refractivity contribution in [3.63, 3.8) is 0 Å². The van der Waals surface area contributed by atoms with Crippen LogP contribution < -0.4 is 10.1 Å². The van der Waals surface area contributed by atoms with Crippen molar-refractivity contribution in [1.29, 1.82) is 0 Å². The largest absolute Gasteiger partial charge is 0.480 e. The lowest BCUT2D eigenvalue weighted by Crippen LogP contribution is -2.51. The van der Waals surface area contributed by atoms with Gasteiger partial charge in [-0.25, -0.2) is 24.7 Å². The average molecular weight is 451 g/mol. The van der Waals surface area contributed by atoms with E-state index in [-0.39, 0.29) is 17.4 Å². The fourth-order valence-corrected chi connectivity index (χ4v) is 3.68.